The molecule has 3 heteroatoms. The predicted molar refractivity (Wildman–Crippen MR) is 83.9 cm³/mol. The molecule has 2 fully saturated rings. The first-order chi connectivity index (χ1) is 9.88. The average Bonchev–Trinajstić information content (AvgIpc) is 2.52. The molecule has 0 amide bonds. The van der Waals surface area contributed by atoms with Crippen molar-refractivity contribution in [2.24, 2.45) is 5.92 Å². The molecule has 0 radical (unpaired) electrons. The lowest BCUT2D eigenvalue weighted by Crippen LogP contribution is -2.47. The first-order valence-corrected chi connectivity index (χ1v) is 8.31. The molecule has 1 N–H and O–H groups in total. The van der Waals surface area contributed by atoms with Crippen molar-refractivity contribution in [3.63, 3.8) is 0 Å². The summed E-state index contributed by atoms with van der Waals surface area (Å²) >= 11 is 0. The molecule has 1 aromatic heterocycles. The zero-order valence-corrected chi connectivity index (χ0v) is 12.6. The van der Waals surface area contributed by atoms with Crippen LogP contribution >= 0.6 is 0 Å². The molecule has 0 spiro atoms. The van der Waals surface area contributed by atoms with Crippen molar-refractivity contribution < 1.29 is 0 Å². The largest absolute Gasteiger partial charge is 0.368 e. The number of hydrogen-bond acceptors (Lipinski definition) is 3. The first kappa shape index (κ1) is 13.9. The number of nitrogens with zero attached hydrogens (tertiary/aromatic N) is 2. The van der Waals surface area contributed by atoms with E-state index < -0.39 is 0 Å². The zero-order chi connectivity index (χ0) is 13.8. The average molecular weight is 273 g/mol. The van der Waals surface area contributed by atoms with Crippen molar-refractivity contribution in [2.45, 2.75) is 58.0 Å². The number of hydrogen-bond donors (Lipinski definition) is 1. The molecule has 1 aromatic rings. The summed E-state index contributed by atoms with van der Waals surface area (Å²) in [5.41, 5.74) is 2.56. The minimum atomic E-state index is 0.784. The molecular formula is C17H27N3. The highest BCUT2D eigenvalue weighted by molar-refractivity contribution is 5.48. The van der Waals surface area contributed by atoms with Gasteiger partial charge in [0.25, 0.3) is 0 Å². The molecule has 0 aromatic carbocycles. The van der Waals surface area contributed by atoms with Crippen LogP contribution in [0.3, 0.4) is 0 Å². The Labute approximate surface area is 122 Å². The van der Waals surface area contributed by atoms with Crippen molar-refractivity contribution in [1.29, 1.82) is 0 Å². The highest BCUT2D eigenvalue weighted by Crippen LogP contribution is 2.37. The van der Waals surface area contributed by atoms with Crippen molar-refractivity contribution >= 4 is 5.69 Å². The van der Waals surface area contributed by atoms with Gasteiger partial charge in [0, 0.05) is 31.0 Å². The number of fused-ring (bicyclic) bond motifs is 1. The van der Waals surface area contributed by atoms with E-state index in [-0.39, 0.29) is 0 Å². The van der Waals surface area contributed by atoms with Gasteiger partial charge in [0.1, 0.15) is 0 Å². The minimum absolute atomic E-state index is 0.784. The van der Waals surface area contributed by atoms with Gasteiger partial charge in [-0.05, 0) is 50.3 Å². The van der Waals surface area contributed by atoms with Crippen LogP contribution in [0.2, 0.25) is 0 Å². The third kappa shape index (κ3) is 2.98. The molecule has 3 rings (SSSR count). The van der Waals surface area contributed by atoms with Gasteiger partial charge in [0.2, 0.25) is 0 Å². The Bertz CT molecular complexity index is 430. The summed E-state index contributed by atoms with van der Waals surface area (Å²) in [7, 11) is 0. The van der Waals surface area contributed by atoms with Crippen molar-refractivity contribution in [1.82, 2.24) is 10.3 Å². The molecule has 110 valence electrons. The van der Waals surface area contributed by atoms with Gasteiger partial charge in [-0.3, -0.25) is 4.98 Å². The van der Waals surface area contributed by atoms with Crippen LogP contribution < -0.4 is 10.2 Å². The Morgan fingerprint density at radius 3 is 3.00 bits per heavy atom. The van der Waals surface area contributed by atoms with E-state index in [1.807, 2.05) is 6.20 Å². The molecular weight excluding hydrogens is 246 g/mol. The molecule has 1 saturated carbocycles. The Balaban J connectivity index is 1.76. The van der Waals surface area contributed by atoms with E-state index in [1.165, 1.54) is 56.5 Å². The van der Waals surface area contributed by atoms with Gasteiger partial charge in [-0.2, -0.15) is 0 Å². The summed E-state index contributed by atoms with van der Waals surface area (Å²) < 4.78 is 0. The molecule has 1 aliphatic heterocycles. The van der Waals surface area contributed by atoms with Crippen molar-refractivity contribution in [2.75, 3.05) is 18.0 Å². The van der Waals surface area contributed by atoms with Gasteiger partial charge in [-0.1, -0.05) is 19.8 Å². The normalized spacial score (nSPS) is 26.4. The number of anilines is 1. The molecule has 1 aliphatic carbocycles. The molecule has 20 heavy (non-hydrogen) atoms. The van der Waals surface area contributed by atoms with Crippen LogP contribution in [-0.4, -0.2) is 24.1 Å². The summed E-state index contributed by atoms with van der Waals surface area (Å²) in [5.74, 6) is 0.933. The van der Waals surface area contributed by atoms with Crippen LogP contribution in [0.4, 0.5) is 5.69 Å². The van der Waals surface area contributed by atoms with Crippen LogP contribution in [0.15, 0.2) is 18.3 Å². The highest BCUT2D eigenvalue weighted by Gasteiger charge is 2.33. The number of rotatable bonds is 4. The fraction of sp³-hybridized carbons (Fsp3) is 0.706. The van der Waals surface area contributed by atoms with E-state index in [2.05, 4.69) is 34.3 Å². The van der Waals surface area contributed by atoms with Gasteiger partial charge >= 0.3 is 0 Å². The zero-order valence-electron chi connectivity index (χ0n) is 12.6. The Morgan fingerprint density at radius 1 is 1.25 bits per heavy atom. The molecule has 2 atom stereocenters. The number of piperidine rings is 1. The third-order valence-corrected chi connectivity index (χ3v) is 4.93. The molecule has 3 nitrogen and oxygen atoms in total. The maximum atomic E-state index is 4.49. The van der Waals surface area contributed by atoms with Crippen molar-refractivity contribution in [3.8, 4) is 0 Å². The minimum Gasteiger partial charge on any atom is -0.368 e. The molecule has 2 heterocycles. The van der Waals surface area contributed by atoms with E-state index >= 15 is 0 Å². The molecule has 2 unspecified atom stereocenters. The van der Waals surface area contributed by atoms with Gasteiger partial charge in [-0.25, -0.2) is 0 Å². The van der Waals surface area contributed by atoms with E-state index in [1.54, 1.807) is 0 Å². The maximum Gasteiger partial charge on any atom is 0.0562 e. The first-order valence-electron chi connectivity index (χ1n) is 8.31. The SMILES string of the molecule is CCNCc1cc(N2CCCC3CCCCC32)ccn1. The van der Waals surface area contributed by atoms with Crippen LogP contribution in [0.1, 0.15) is 51.1 Å². The van der Waals surface area contributed by atoms with Crippen LogP contribution in [0.25, 0.3) is 0 Å². The fourth-order valence-corrected chi connectivity index (χ4v) is 3.94. The molecule has 2 aliphatic rings. The van der Waals surface area contributed by atoms with Crippen LogP contribution in [0, 0.1) is 5.92 Å². The summed E-state index contributed by atoms with van der Waals surface area (Å²) in [6.45, 7) is 5.25. The monoisotopic (exact) mass is 273 g/mol. The van der Waals surface area contributed by atoms with Gasteiger partial charge in [0.15, 0.2) is 0 Å². The smallest absolute Gasteiger partial charge is 0.0562 e. The third-order valence-electron chi connectivity index (χ3n) is 4.93. The van der Waals surface area contributed by atoms with Gasteiger partial charge in [-0.15, -0.1) is 0 Å². The topological polar surface area (TPSA) is 28.2 Å². The van der Waals surface area contributed by atoms with Gasteiger partial charge < -0.3 is 10.2 Å². The van der Waals surface area contributed by atoms with E-state index in [0.717, 1.165) is 25.0 Å². The quantitative estimate of drug-likeness (QED) is 0.912. The molecule has 0 bridgehead atoms. The second-order valence-corrected chi connectivity index (χ2v) is 6.23. The summed E-state index contributed by atoms with van der Waals surface area (Å²) in [5, 5.41) is 3.37. The summed E-state index contributed by atoms with van der Waals surface area (Å²) in [6.07, 6.45) is 10.5. The van der Waals surface area contributed by atoms with Gasteiger partial charge in [0.05, 0.1) is 5.69 Å². The summed E-state index contributed by atoms with van der Waals surface area (Å²) in [6, 6.07) is 5.28. The Morgan fingerprint density at radius 2 is 2.10 bits per heavy atom. The second-order valence-electron chi connectivity index (χ2n) is 6.23. The van der Waals surface area contributed by atoms with Crippen molar-refractivity contribution in [3.05, 3.63) is 24.0 Å². The Hall–Kier alpha value is -1.09. The van der Waals surface area contributed by atoms with E-state index in [9.17, 15) is 0 Å². The molecule has 1 saturated heterocycles. The maximum absolute atomic E-state index is 4.49. The van der Waals surface area contributed by atoms with Crippen LogP contribution in [-0.2, 0) is 6.54 Å². The second kappa shape index (κ2) is 6.57. The lowest BCUT2D eigenvalue weighted by molar-refractivity contribution is 0.244. The van der Waals surface area contributed by atoms with E-state index in [4.69, 9.17) is 0 Å². The standard InChI is InChI=1S/C17H27N3/c1-2-18-13-15-12-16(9-10-19-15)20-11-5-7-14-6-3-4-8-17(14)20/h9-10,12,14,17-18H,2-8,11,13H2,1H3. The number of nitrogens with one attached hydrogen (secondary N) is 1. The lowest BCUT2D eigenvalue weighted by atomic mass is 9.78. The van der Waals surface area contributed by atoms with E-state index in [0.29, 0.717) is 0 Å². The fourth-order valence-electron chi connectivity index (χ4n) is 3.94. The van der Waals surface area contributed by atoms with Crippen LogP contribution in [0.5, 0.6) is 0 Å². The number of aromatic nitrogens is 1. The Kier molecular flexibility index (Phi) is 4.56. The summed E-state index contributed by atoms with van der Waals surface area (Å²) in [4.78, 5) is 7.16. The lowest BCUT2D eigenvalue weighted by Gasteiger charge is -2.45. The highest BCUT2D eigenvalue weighted by atomic mass is 15.2. The number of pyridine rings is 1. The predicted octanol–water partition coefficient (Wildman–Crippen LogP) is 3.35.